The zero-order valence-corrected chi connectivity index (χ0v) is 20.2. The maximum absolute atomic E-state index is 6.26. The van der Waals surface area contributed by atoms with Crippen LogP contribution >= 0.6 is 0 Å². The van der Waals surface area contributed by atoms with Gasteiger partial charge in [-0.3, -0.25) is 9.55 Å². The standard InChI is InChI=1S/C33H20N4O/c1-3-10-21(11-4-1)26-19-27(22-12-5-2-6-13-22)36-33(35-26)37-28-15-9-17-34-32(28)25-18-24-23-14-7-8-16-30(23)38-31(24)20-29(25)37/h1-20H. The summed E-state index contributed by atoms with van der Waals surface area (Å²) in [6.45, 7) is 0. The summed E-state index contributed by atoms with van der Waals surface area (Å²) in [5.74, 6) is 0.591. The lowest BCUT2D eigenvalue weighted by atomic mass is 10.1. The highest BCUT2D eigenvalue weighted by atomic mass is 16.3. The van der Waals surface area contributed by atoms with Crippen LogP contribution in [0.15, 0.2) is 126 Å². The summed E-state index contributed by atoms with van der Waals surface area (Å²) in [5.41, 5.74) is 8.29. The van der Waals surface area contributed by atoms with Crippen molar-refractivity contribution < 1.29 is 4.42 Å². The van der Waals surface area contributed by atoms with Crippen LogP contribution in [0.3, 0.4) is 0 Å². The van der Waals surface area contributed by atoms with E-state index in [9.17, 15) is 0 Å². The molecule has 0 bridgehead atoms. The molecule has 0 aliphatic rings. The van der Waals surface area contributed by atoms with Crippen LogP contribution in [0.2, 0.25) is 0 Å². The van der Waals surface area contributed by atoms with E-state index in [-0.39, 0.29) is 0 Å². The van der Waals surface area contributed by atoms with E-state index in [1.165, 1.54) is 0 Å². The van der Waals surface area contributed by atoms with E-state index in [1.54, 1.807) is 0 Å². The topological polar surface area (TPSA) is 56.7 Å². The molecule has 0 radical (unpaired) electrons. The van der Waals surface area contributed by atoms with E-state index in [1.807, 2.05) is 66.9 Å². The lowest BCUT2D eigenvalue weighted by Crippen LogP contribution is -2.04. The molecule has 0 fully saturated rings. The van der Waals surface area contributed by atoms with Crippen LogP contribution in [0.4, 0.5) is 0 Å². The molecular formula is C33H20N4O. The van der Waals surface area contributed by atoms with Crippen LogP contribution in [0.1, 0.15) is 0 Å². The fourth-order valence-corrected chi connectivity index (χ4v) is 5.31. The molecule has 0 unspecified atom stereocenters. The highest BCUT2D eigenvalue weighted by molar-refractivity contribution is 6.16. The van der Waals surface area contributed by atoms with Crippen molar-refractivity contribution in [2.24, 2.45) is 0 Å². The molecule has 0 saturated heterocycles. The van der Waals surface area contributed by atoms with Gasteiger partial charge in [0.05, 0.1) is 27.9 Å². The Morgan fingerprint density at radius 3 is 1.95 bits per heavy atom. The molecule has 178 valence electrons. The van der Waals surface area contributed by atoms with Gasteiger partial charge < -0.3 is 4.42 Å². The summed E-state index contributed by atoms with van der Waals surface area (Å²) < 4.78 is 8.36. The van der Waals surface area contributed by atoms with Crippen molar-refractivity contribution in [2.45, 2.75) is 0 Å². The number of fused-ring (bicyclic) bond motifs is 6. The number of para-hydroxylation sites is 1. The average molecular weight is 489 g/mol. The van der Waals surface area contributed by atoms with E-state index in [4.69, 9.17) is 19.4 Å². The molecule has 0 spiro atoms. The zero-order chi connectivity index (χ0) is 25.1. The van der Waals surface area contributed by atoms with E-state index in [0.717, 1.165) is 66.4 Å². The number of furan rings is 1. The number of hydrogen-bond acceptors (Lipinski definition) is 4. The number of aromatic nitrogens is 4. The van der Waals surface area contributed by atoms with E-state index in [2.05, 4.69) is 59.2 Å². The van der Waals surface area contributed by atoms with Crippen LogP contribution in [0.25, 0.3) is 72.3 Å². The highest BCUT2D eigenvalue weighted by Crippen LogP contribution is 2.37. The van der Waals surface area contributed by atoms with Crippen molar-refractivity contribution in [3.05, 3.63) is 121 Å². The van der Waals surface area contributed by atoms with Gasteiger partial charge in [0.15, 0.2) is 0 Å². The minimum Gasteiger partial charge on any atom is -0.456 e. The SMILES string of the molecule is c1ccc(-c2cc(-c3ccccc3)nc(-n3c4cc5oc6ccccc6c5cc4c4ncccc43)n2)cc1. The first-order valence-corrected chi connectivity index (χ1v) is 12.5. The molecule has 5 nitrogen and oxygen atoms in total. The molecule has 0 N–H and O–H groups in total. The molecule has 8 aromatic rings. The zero-order valence-electron chi connectivity index (χ0n) is 20.2. The third-order valence-electron chi connectivity index (χ3n) is 7.07. The van der Waals surface area contributed by atoms with Gasteiger partial charge in [-0.25, -0.2) is 9.97 Å². The second kappa shape index (κ2) is 8.11. The monoisotopic (exact) mass is 488 g/mol. The molecule has 0 saturated carbocycles. The minimum atomic E-state index is 0.591. The van der Waals surface area contributed by atoms with Gasteiger partial charge in [-0.15, -0.1) is 0 Å². The van der Waals surface area contributed by atoms with Crippen LogP contribution in [-0.2, 0) is 0 Å². The predicted molar refractivity (Wildman–Crippen MR) is 152 cm³/mol. The van der Waals surface area contributed by atoms with Crippen molar-refractivity contribution in [2.75, 3.05) is 0 Å². The first kappa shape index (κ1) is 20.9. The second-order valence-corrected chi connectivity index (χ2v) is 9.34. The Morgan fingerprint density at radius 2 is 1.21 bits per heavy atom. The smallest absolute Gasteiger partial charge is 0.235 e. The van der Waals surface area contributed by atoms with Gasteiger partial charge in [0.25, 0.3) is 0 Å². The van der Waals surface area contributed by atoms with Gasteiger partial charge in [-0.05, 0) is 30.3 Å². The van der Waals surface area contributed by atoms with E-state index < -0.39 is 0 Å². The number of rotatable bonds is 3. The molecule has 0 aliphatic heterocycles. The molecule has 5 heteroatoms. The molecule has 8 rings (SSSR count). The summed E-state index contributed by atoms with van der Waals surface area (Å²) in [6, 6.07) is 38.9. The van der Waals surface area contributed by atoms with Crippen LogP contribution in [-0.4, -0.2) is 19.5 Å². The Morgan fingerprint density at radius 1 is 0.526 bits per heavy atom. The van der Waals surface area contributed by atoms with Crippen molar-refractivity contribution in [3.63, 3.8) is 0 Å². The lowest BCUT2D eigenvalue weighted by Gasteiger charge is -2.11. The van der Waals surface area contributed by atoms with Crippen LogP contribution < -0.4 is 0 Å². The average Bonchev–Trinajstić information content (AvgIpc) is 3.51. The quantitative estimate of drug-likeness (QED) is 0.251. The Bertz CT molecular complexity index is 2070. The first-order chi connectivity index (χ1) is 18.8. The Balaban J connectivity index is 1.48. The third-order valence-corrected chi connectivity index (χ3v) is 7.07. The van der Waals surface area contributed by atoms with E-state index in [0.29, 0.717) is 5.95 Å². The fraction of sp³-hybridized carbons (Fsp3) is 0. The molecule has 4 aromatic carbocycles. The largest absolute Gasteiger partial charge is 0.456 e. The number of nitrogens with zero attached hydrogens (tertiary/aromatic N) is 4. The van der Waals surface area contributed by atoms with Crippen LogP contribution in [0.5, 0.6) is 0 Å². The normalized spacial score (nSPS) is 11.7. The van der Waals surface area contributed by atoms with Gasteiger partial charge in [0.1, 0.15) is 11.2 Å². The van der Waals surface area contributed by atoms with Gasteiger partial charge >= 0.3 is 0 Å². The van der Waals surface area contributed by atoms with E-state index >= 15 is 0 Å². The van der Waals surface area contributed by atoms with Gasteiger partial charge in [-0.2, -0.15) is 0 Å². The highest BCUT2D eigenvalue weighted by Gasteiger charge is 2.19. The maximum Gasteiger partial charge on any atom is 0.235 e. The molecule has 0 amide bonds. The van der Waals surface area contributed by atoms with Crippen molar-refractivity contribution >= 4 is 43.9 Å². The number of hydrogen-bond donors (Lipinski definition) is 0. The van der Waals surface area contributed by atoms with Crippen LogP contribution in [0, 0.1) is 0 Å². The molecule has 38 heavy (non-hydrogen) atoms. The Labute approximate surface area is 217 Å². The van der Waals surface area contributed by atoms with Crippen molar-refractivity contribution in [3.8, 4) is 28.5 Å². The minimum absolute atomic E-state index is 0.591. The van der Waals surface area contributed by atoms with Gasteiger partial charge in [-0.1, -0.05) is 78.9 Å². The molecule has 4 aromatic heterocycles. The molecule has 0 atom stereocenters. The fourth-order valence-electron chi connectivity index (χ4n) is 5.31. The summed E-state index contributed by atoms with van der Waals surface area (Å²) in [4.78, 5) is 15.0. The number of benzene rings is 4. The van der Waals surface area contributed by atoms with Gasteiger partial charge in [0.2, 0.25) is 5.95 Å². The summed E-state index contributed by atoms with van der Waals surface area (Å²) >= 11 is 0. The lowest BCUT2D eigenvalue weighted by molar-refractivity contribution is 0.669. The number of pyridine rings is 1. The van der Waals surface area contributed by atoms with Crippen molar-refractivity contribution in [1.82, 2.24) is 19.5 Å². The van der Waals surface area contributed by atoms with Crippen molar-refractivity contribution in [1.29, 1.82) is 0 Å². The molecular weight excluding hydrogens is 468 g/mol. The molecule has 0 aliphatic carbocycles. The molecule has 4 heterocycles. The summed E-state index contributed by atoms with van der Waals surface area (Å²) in [5, 5.41) is 3.20. The third kappa shape index (κ3) is 3.15. The first-order valence-electron chi connectivity index (χ1n) is 12.5. The summed E-state index contributed by atoms with van der Waals surface area (Å²) in [7, 11) is 0. The second-order valence-electron chi connectivity index (χ2n) is 9.34. The van der Waals surface area contributed by atoms with Gasteiger partial charge in [0, 0.05) is 39.5 Å². The summed E-state index contributed by atoms with van der Waals surface area (Å²) in [6.07, 6.45) is 1.83. The Kier molecular flexibility index (Phi) is 4.45. The predicted octanol–water partition coefficient (Wildman–Crippen LogP) is 8.20. The Hall–Kier alpha value is -5.29. The maximum atomic E-state index is 6.26.